The lowest BCUT2D eigenvalue weighted by Crippen LogP contribution is -2.24. The molecule has 0 saturated carbocycles. The van der Waals surface area contributed by atoms with E-state index in [1.54, 1.807) is 0 Å². The van der Waals surface area contributed by atoms with Crippen LogP contribution >= 0.6 is 15.9 Å². The summed E-state index contributed by atoms with van der Waals surface area (Å²) in [5, 5.41) is 8.07. The molecule has 0 radical (unpaired) electrons. The highest BCUT2D eigenvalue weighted by Crippen LogP contribution is 2.27. The summed E-state index contributed by atoms with van der Waals surface area (Å²) in [7, 11) is 2.01. The number of hydrogen-bond donors (Lipinski definition) is 1. The summed E-state index contributed by atoms with van der Waals surface area (Å²) in [6.45, 7) is 7.30. The van der Waals surface area contributed by atoms with E-state index in [9.17, 15) is 0 Å². The first-order chi connectivity index (χ1) is 9.54. The SMILES string of the molecule is CCNC(Cc1c(Br)c(C)nn1C)c1ccccc1C. The number of aromatic nitrogens is 2. The van der Waals surface area contributed by atoms with Gasteiger partial charge in [0.2, 0.25) is 0 Å². The van der Waals surface area contributed by atoms with E-state index in [-0.39, 0.29) is 0 Å². The maximum absolute atomic E-state index is 4.48. The molecule has 0 saturated heterocycles. The van der Waals surface area contributed by atoms with E-state index in [0.717, 1.165) is 23.1 Å². The van der Waals surface area contributed by atoms with Crippen molar-refractivity contribution in [2.24, 2.45) is 7.05 Å². The molecular formula is C16H22BrN3. The highest BCUT2D eigenvalue weighted by atomic mass is 79.9. The average molecular weight is 336 g/mol. The van der Waals surface area contributed by atoms with Crippen LogP contribution in [0.25, 0.3) is 0 Å². The quantitative estimate of drug-likeness (QED) is 0.902. The second-order valence-electron chi connectivity index (χ2n) is 5.14. The summed E-state index contributed by atoms with van der Waals surface area (Å²) < 4.78 is 3.10. The van der Waals surface area contributed by atoms with Gasteiger partial charge in [-0.1, -0.05) is 31.2 Å². The summed E-state index contributed by atoms with van der Waals surface area (Å²) in [4.78, 5) is 0. The summed E-state index contributed by atoms with van der Waals surface area (Å²) in [5.41, 5.74) is 4.97. The number of likely N-dealkylation sites (N-methyl/N-ethyl adjacent to an activating group) is 1. The zero-order chi connectivity index (χ0) is 14.7. The first-order valence-electron chi connectivity index (χ1n) is 7.01. The van der Waals surface area contributed by atoms with E-state index in [1.807, 2.05) is 18.7 Å². The fraction of sp³-hybridized carbons (Fsp3) is 0.438. The lowest BCUT2D eigenvalue weighted by Gasteiger charge is -2.20. The van der Waals surface area contributed by atoms with Crippen molar-refractivity contribution in [1.82, 2.24) is 15.1 Å². The van der Waals surface area contributed by atoms with Gasteiger partial charge in [0.15, 0.2) is 0 Å². The molecule has 0 aliphatic rings. The van der Waals surface area contributed by atoms with Gasteiger partial charge in [-0.15, -0.1) is 0 Å². The average Bonchev–Trinajstić information content (AvgIpc) is 2.65. The molecule has 1 N–H and O–H groups in total. The molecule has 1 unspecified atom stereocenters. The Morgan fingerprint density at radius 3 is 2.55 bits per heavy atom. The molecule has 0 aliphatic carbocycles. The van der Waals surface area contributed by atoms with Crippen LogP contribution in [-0.2, 0) is 13.5 Å². The molecular weight excluding hydrogens is 314 g/mol. The molecule has 108 valence electrons. The van der Waals surface area contributed by atoms with Crippen molar-refractivity contribution in [2.75, 3.05) is 6.54 Å². The summed E-state index contributed by atoms with van der Waals surface area (Å²) in [6.07, 6.45) is 0.927. The Labute approximate surface area is 129 Å². The van der Waals surface area contributed by atoms with Crippen LogP contribution in [0.5, 0.6) is 0 Å². The molecule has 0 aliphatic heterocycles. The molecule has 0 fully saturated rings. The minimum absolute atomic E-state index is 0.312. The largest absolute Gasteiger partial charge is 0.310 e. The van der Waals surface area contributed by atoms with Crippen molar-refractivity contribution in [2.45, 2.75) is 33.2 Å². The molecule has 1 atom stereocenters. The van der Waals surface area contributed by atoms with Crippen molar-refractivity contribution in [3.63, 3.8) is 0 Å². The third kappa shape index (κ3) is 3.13. The van der Waals surface area contributed by atoms with Gasteiger partial charge in [0.05, 0.1) is 15.9 Å². The number of benzene rings is 1. The molecule has 4 heteroatoms. The highest BCUT2D eigenvalue weighted by Gasteiger charge is 2.18. The smallest absolute Gasteiger partial charge is 0.0738 e. The predicted molar refractivity (Wildman–Crippen MR) is 86.9 cm³/mol. The second kappa shape index (κ2) is 6.55. The van der Waals surface area contributed by atoms with Gasteiger partial charge in [-0.25, -0.2) is 0 Å². The normalized spacial score (nSPS) is 12.7. The number of nitrogens with zero attached hydrogens (tertiary/aromatic N) is 2. The summed E-state index contributed by atoms with van der Waals surface area (Å²) in [6, 6.07) is 8.89. The molecule has 20 heavy (non-hydrogen) atoms. The predicted octanol–water partition coefficient (Wildman–Crippen LogP) is 3.69. The lowest BCUT2D eigenvalue weighted by atomic mass is 9.97. The Morgan fingerprint density at radius 2 is 2.00 bits per heavy atom. The van der Waals surface area contributed by atoms with Crippen LogP contribution in [0, 0.1) is 13.8 Å². The molecule has 0 bridgehead atoms. The van der Waals surface area contributed by atoms with Crippen molar-refractivity contribution in [3.8, 4) is 0 Å². The van der Waals surface area contributed by atoms with Crippen LogP contribution in [0.4, 0.5) is 0 Å². The van der Waals surface area contributed by atoms with Gasteiger partial charge >= 0.3 is 0 Å². The van der Waals surface area contributed by atoms with E-state index in [2.05, 4.69) is 64.5 Å². The zero-order valence-electron chi connectivity index (χ0n) is 12.6. The van der Waals surface area contributed by atoms with E-state index < -0.39 is 0 Å². The minimum Gasteiger partial charge on any atom is -0.310 e. The Hall–Kier alpha value is -1.13. The third-order valence-corrected chi connectivity index (χ3v) is 4.71. The molecule has 0 spiro atoms. The monoisotopic (exact) mass is 335 g/mol. The van der Waals surface area contributed by atoms with Crippen LogP contribution in [0.15, 0.2) is 28.7 Å². The number of aryl methyl sites for hydroxylation is 3. The van der Waals surface area contributed by atoms with Gasteiger partial charge in [-0.05, 0) is 47.4 Å². The molecule has 3 nitrogen and oxygen atoms in total. The third-order valence-electron chi connectivity index (χ3n) is 3.67. The minimum atomic E-state index is 0.312. The van der Waals surface area contributed by atoms with Crippen molar-refractivity contribution in [1.29, 1.82) is 0 Å². The number of hydrogen-bond acceptors (Lipinski definition) is 2. The second-order valence-corrected chi connectivity index (χ2v) is 5.93. The van der Waals surface area contributed by atoms with Crippen LogP contribution in [-0.4, -0.2) is 16.3 Å². The van der Waals surface area contributed by atoms with Crippen LogP contribution in [0.2, 0.25) is 0 Å². The standard InChI is InChI=1S/C16H22BrN3/c1-5-18-14(13-9-7-6-8-11(13)2)10-15-16(17)12(3)19-20(15)4/h6-9,14,18H,5,10H2,1-4H3. The van der Waals surface area contributed by atoms with E-state index in [1.165, 1.54) is 16.8 Å². The molecule has 2 aromatic rings. The van der Waals surface area contributed by atoms with E-state index >= 15 is 0 Å². The van der Waals surface area contributed by atoms with Gasteiger partial charge in [0.25, 0.3) is 0 Å². The number of rotatable bonds is 5. The van der Waals surface area contributed by atoms with Gasteiger partial charge in [-0.2, -0.15) is 5.10 Å². The maximum Gasteiger partial charge on any atom is 0.0738 e. The molecule has 1 aromatic heterocycles. The molecule has 2 rings (SSSR count). The summed E-state index contributed by atoms with van der Waals surface area (Å²) >= 11 is 3.66. The van der Waals surface area contributed by atoms with Gasteiger partial charge in [0, 0.05) is 19.5 Å². The van der Waals surface area contributed by atoms with Crippen LogP contribution in [0.3, 0.4) is 0 Å². The first kappa shape index (κ1) is 15.3. The number of halogens is 1. The van der Waals surface area contributed by atoms with Crippen molar-refractivity contribution < 1.29 is 0 Å². The highest BCUT2D eigenvalue weighted by molar-refractivity contribution is 9.10. The lowest BCUT2D eigenvalue weighted by molar-refractivity contribution is 0.526. The van der Waals surface area contributed by atoms with Crippen molar-refractivity contribution in [3.05, 3.63) is 51.3 Å². The van der Waals surface area contributed by atoms with Gasteiger partial charge in [0.1, 0.15) is 0 Å². The first-order valence-corrected chi connectivity index (χ1v) is 7.80. The Morgan fingerprint density at radius 1 is 1.30 bits per heavy atom. The Balaban J connectivity index is 2.33. The fourth-order valence-electron chi connectivity index (χ4n) is 2.61. The van der Waals surface area contributed by atoms with E-state index in [4.69, 9.17) is 0 Å². The fourth-order valence-corrected chi connectivity index (χ4v) is 3.11. The Bertz CT molecular complexity index is 589. The topological polar surface area (TPSA) is 29.9 Å². The number of nitrogens with one attached hydrogen (secondary N) is 1. The summed E-state index contributed by atoms with van der Waals surface area (Å²) in [5.74, 6) is 0. The molecule has 1 aromatic carbocycles. The van der Waals surface area contributed by atoms with E-state index in [0.29, 0.717) is 6.04 Å². The van der Waals surface area contributed by atoms with Gasteiger partial charge in [-0.3, -0.25) is 4.68 Å². The zero-order valence-corrected chi connectivity index (χ0v) is 14.2. The van der Waals surface area contributed by atoms with Crippen LogP contribution in [0.1, 0.15) is 35.5 Å². The van der Waals surface area contributed by atoms with Crippen LogP contribution < -0.4 is 5.32 Å². The van der Waals surface area contributed by atoms with Crippen molar-refractivity contribution >= 4 is 15.9 Å². The van der Waals surface area contributed by atoms with Gasteiger partial charge < -0.3 is 5.32 Å². The molecule has 0 amide bonds. The Kier molecular flexibility index (Phi) is 5.00. The maximum atomic E-state index is 4.48. The molecule has 1 heterocycles.